The highest BCUT2D eigenvalue weighted by Gasteiger charge is 2.31. The maximum Gasteiger partial charge on any atom is 0.247 e. The summed E-state index contributed by atoms with van der Waals surface area (Å²) in [5, 5.41) is 5.76. The summed E-state index contributed by atoms with van der Waals surface area (Å²) >= 11 is 0. The molecule has 0 radical (unpaired) electrons. The van der Waals surface area contributed by atoms with Crippen molar-refractivity contribution in [1.29, 1.82) is 0 Å². The molecule has 10 heteroatoms. The van der Waals surface area contributed by atoms with Gasteiger partial charge in [0.25, 0.3) is 0 Å². The average Bonchev–Trinajstić information content (AvgIpc) is 3.11. The fraction of sp³-hybridized carbons (Fsp3) is 0.286. The van der Waals surface area contributed by atoms with Gasteiger partial charge in [0.2, 0.25) is 23.5 Å². The molecule has 4 rings (SSSR count). The predicted molar refractivity (Wildman–Crippen MR) is 117 cm³/mol. The second kappa shape index (κ2) is 8.39. The van der Waals surface area contributed by atoms with E-state index in [9.17, 15) is 9.18 Å². The minimum atomic E-state index is -1.06. The zero-order valence-corrected chi connectivity index (χ0v) is 16.9. The lowest BCUT2D eigenvalue weighted by Gasteiger charge is -2.36. The molecule has 2 aromatic heterocycles. The van der Waals surface area contributed by atoms with Crippen LogP contribution in [0, 0.1) is 6.57 Å². The van der Waals surface area contributed by atoms with Crippen molar-refractivity contribution in [3.8, 4) is 0 Å². The number of hydrogen-bond donors (Lipinski definition) is 2. The van der Waals surface area contributed by atoms with Crippen LogP contribution in [0.2, 0.25) is 0 Å². The molecule has 1 fully saturated rings. The van der Waals surface area contributed by atoms with E-state index in [-0.39, 0.29) is 11.9 Å². The molecule has 0 spiro atoms. The van der Waals surface area contributed by atoms with Gasteiger partial charge < -0.3 is 20.1 Å². The van der Waals surface area contributed by atoms with Gasteiger partial charge in [0.1, 0.15) is 6.17 Å². The van der Waals surface area contributed by atoms with E-state index in [4.69, 9.17) is 11.6 Å². The third-order valence-electron chi connectivity index (χ3n) is 5.20. The number of rotatable bonds is 5. The number of nitrogens with one attached hydrogen (secondary N) is 2. The predicted octanol–water partition coefficient (Wildman–Crippen LogP) is 3.07. The average molecular weight is 420 g/mol. The van der Waals surface area contributed by atoms with Gasteiger partial charge in [0.05, 0.1) is 23.6 Å². The first-order valence-corrected chi connectivity index (χ1v) is 9.73. The van der Waals surface area contributed by atoms with Gasteiger partial charge in [-0.15, -0.1) is 0 Å². The molecule has 1 aliphatic rings. The van der Waals surface area contributed by atoms with Crippen molar-refractivity contribution in [3.05, 3.63) is 54.7 Å². The molecule has 3 aromatic rings. The summed E-state index contributed by atoms with van der Waals surface area (Å²) in [6, 6.07) is 4.96. The molecular formula is C21H21FN8O. The van der Waals surface area contributed by atoms with Crippen molar-refractivity contribution >= 4 is 40.2 Å². The molecule has 9 nitrogen and oxygen atoms in total. The topological polar surface area (TPSA) is 92.3 Å². The van der Waals surface area contributed by atoms with Gasteiger partial charge in [0, 0.05) is 38.2 Å². The number of nitrogens with zero attached hydrogens (tertiary/aromatic N) is 6. The maximum atomic E-state index is 14.6. The molecule has 158 valence electrons. The first-order valence-electron chi connectivity index (χ1n) is 9.73. The Labute approximate surface area is 178 Å². The molecule has 2 N–H and O–H groups in total. The van der Waals surface area contributed by atoms with Crippen LogP contribution in [0.3, 0.4) is 0 Å². The summed E-state index contributed by atoms with van der Waals surface area (Å²) in [5.74, 6) is 0.709. The normalized spacial score (nSPS) is 18.4. The van der Waals surface area contributed by atoms with Crippen molar-refractivity contribution in [2.45, 2.75) is 18.6 Å². The lowest BCUT2D eigenvalue weighted by atomic mass is 10.0. The number of imidazole rings is 1. The number of aromatic nitrogens is 4. The van der Waals surface area contributed by atoms with Crippen LogP contribution in [0.25, 0.3) is 15.9 Å². The number of hydrogen-bond acceptors (Lipinski definition) is 6. The molecule has 3 heterocycles. The van der Waals surface area contributed by atoms with E-state index in [1.807, 2.05) is 22.6 Å². The van der Waals surface area contributed by atoms with Crippen molar-refractivity contribution in [2.75, 3.05) is 28.6 Å². The number of amides is 1. The maximum absolute atomic E-state index is 14.6. The largest absolute Gasteiger partial charge is 0.347 e. The molecule has 1 aromatic carbocycles. The van der Waals surface area contributed by atoms with Gasteiger partial charge in [-0.2, -0.15) is 0 Å². The Hall–Kier alpha value is -4.00. The Morgan fingerprint density at radius 1 is 1.39 bits per heavy atom. The number of fused-ring (bicyclic) bond motifs is 1. The molecule has 0 aliphatic carbocycles. The number of benzene rings is 1. The Morgan fingerprint density at radius 3 is 2.87 bits per heavy atom. The molecule has 2 atom stereocenters. The minimum Gasteiger partial charge on any atom is -0.347 e. The monoisotopic (exact) mass is 420 g/mol. The van der Waals surface area contributed by atoms with Crippen LogP contribution in [-0.2, 0) is 11.8 Å². The summed E-state index contributed by atoms with van der Waals surface area (Å²) in [4.78, 5) is 29.7. The summed E-state index contributed by atoms with van der Waals surface area (Å²) in [6.45, 7) is 11.3. The van der Waals surface area contributed by atoms with E-state index in [0.29, 0.717) is 36.8 Å². The number of anilines is 3. The van der Waals surface area contributed by atoms with Crippen molar-refractivity contribution in [1.82, 2.24) is 19.5 Å². The zero-order valence-electron chi connectivity index (χ0n) is 16.9. The Balaban J connectivity index is 1.55. The molecule has 31 heavy (non-hydrogen) atoms. The first kappa shape index (κ1) is 20.3. The summed E-state index contributed by atoms with van der Waals surface area (Å²) in [6.07, 6.45) is 3.30. The highest BCUT2D eigenvalue weighted by Crippen LogP contribution is 2.27. The van der Waals surface area contributed by atoms with Crippen molar-refractivity contribution in [3.63, 3.8) is 0 Å². The van der Waals surface area contributed by atoms with Crippen LogP contribution >= 0.6 is 0 Å². The molecule has 1 saturated heterocycles. The first-order chi connectivity index (χ1) is 15.0. The van der Waals surface area contributed by atoms with Crippen LogP contribution in [0.5, 0.6) is 0 Å². The van der Waals surface area contributed by atoms with Crippen LogP contribution in [0.4, 0.5) is 27.7 Å². The third-order valence-corrected chi connectivity index (χ3v) is 5.20. The fourth-order valence-electron chi connectivity index (χ4n) is 3.60. The lowest BCUT2D eigenvalue weighted by Crippen LogP contribution is -2.49. The van der Waals surface area contributed by atoms with E-state index in [1.165, 1.54) is 18.5 Å². The molecule has 1 amide bonds. The number of aryl methyl sites for hydroxylation is 1. The Kier molecular flexibility index (Phi) is 5.49. The van der Waals surface area contributed by atoms with Gasteiger partial charge in [-0.25, -0.2) is 24.2 Å². The van der Waals surface area contributed by atoms with Gasteiger partial charge in [-0.1, -0.05) is 6.58 Å². The number of carbonyl (C=O) groups excluding carboxylic acids is 1. The third kappa shape index (κ3) is 4.16. The minimum absolute atomic E-state index is 0.287. The van der Waals surface area contributed by atoms with Gasteiger partial charge in [-0.05, 0) is 30.7 Å². The van der Waals surface area contributed by atoms with E-state index in [2.05, 4.69) is 32.0 Å². The number of carbonyl (C=O) groups is 1. The zero-order chi connectivity index (χ0) is 22.0. The lowest BCUT2D eigenvalue weighted by molar-refractivity contribution is -0.111. The molecule has 0 unspecified atom stereocenters. The van der Waals surface area contributed by atoms with E-state index in [1.54, 1.807) is 12.1 Å². The highest BCUT2D eigenvalue weighted by molar-refractivity contribution is 6.00. The second-order valence-corrected chi connectivity index (χ2v) is 7.25. The second-order valence-electron chi connectivity index (χ2n) is 7.25. The Morgan fingerprint density at radius 2 is 2.16 bits per heavy atom. The highest BCUT2D eigenvalue weighted by atomic mass is 19.1. The number of alkyl halides is 1. The fourth-order valence-corrected chi connectivity index (χ4v) is 3.60. The Bertz CT molecular complexity index is 1170. The van der Waals surface area contributed by atoms with Crippen LogP contribution in [0.15, 0.2) is 43.2 Å². The van der Waals surface area contributed by atoms with Gasteiger partial charge in [0.15, 0.2) is 0 Å². The summed E-state index contributed by atoms with van der Waals surface area (Å²) < 4.78 is 16.6. The van der Waals surface area contributed by atoms with E-state index >= 15 is 0 Å². The summed E-state index contributed by atoms with van der Waals surface area (Å²) in [5.41, 5.74) is 2.58. The molecular weight excluding hydrogens is 399 g/mol. The number of halogens is 1. The van der Waals surface area contributed by atoms with Crippen LogP contribution < -0.4 is 15.5 Å². The smallest absolute Gasteiger partial charge is 0.247 e. The SMILES string of the molecule is [C-]#[N+]c1cnc(N[C@H]2CN(c3nc4cc(NC(=O)C=C)ccc4n3C)CC[C@H]2F)nc1. The van der Waals surface area contributed by atoms with Crippen molar-refractivity contribution in [2.24, 2.45) is 7.05 Å². The van der Waals surface area contributed by atoms with E-state index < -0.39 is 12.2 Å². The van der Waals surface area contributed by atoms with E-state index in [0.717, 1.165) is 11.0 Å². The van der Waals surface area contributed by atoms with Gasteiger partial charge >= 0.3 is 0 Å². The quantitative estimate of drug-likeness (QED) is 0.487. The van der Waals surface area contributed by atoms with Crippen LogP contribution in [-0.4, -0.2) is 50.7 Å². The molecule has 0 saturated carbocycles. The van der Waals surface area contributed by atoms with Crippen molar-refractivity contribution < 1.29 is 9.18 Å². The number of piperidine rings is 1. The molecule has 1 aliphatic heterocycles. The summed E-state index contributed by atoms with van der Waals surface area (Å²) in [7, 11) is 1.91. The molecule has 0 bridgehead atoms. The standard InChI is InChI=1S/C21H21FN8O/c1-4-19(31)26-13-5-6-18-16(9-13)28-21(29(18)3)30-8-7-15(22)17(12-30)27-20-24-10-14(23-2)11-25-20/h4-6,9-11,15,17H,1,7-8,12H2,3H3,(H,26,31)(H,24,25,27)/t15-,17+/m1/s1. The van der Waals surface area contributed by atoms with Crippen LogP contribution in [0.1, 0.15) is 6.42 Å². The van der Waals surface area contributed by atoms with Gasteiger partial charge in [-0.3, -0.25) is 4.79 Å².